The lowest BCUT2D eigenvalue weighted by Gasteiger charge is -2.24. The Labute approximate surface area is 105 Å². The van der Waals surface area contributed by atoms with Crippen molar-refractivity contribution in [3.05, 3.63) is 0 Å². The van der Waals surface area contributed by atoms with Crippen LogP contribution >= 0.6 is 0 Å². The Bertz CT molecular complexity index is 245. The van der Waals surface area contributed by atoms with Gasteiger partial charge >= 0.3 is 0 Å². The topological polar surface area (TPSA) is 32.3 Å². The molecule has 2 fully saturated rings. The Balaban J connectivity index is 1.77. The maximum atomic E-state index is 12.2. The summed E-state index contributed by atoms with van der Waals surface area (Å²) < 4.78 is 0. The van der Waals surface area contributed by atoms with E-state index in [0.29, 0.717) is 18.4 Å². The van der Waals surface area contributed by atoms with Crippen LogP contribution in [0.1, 0.15) is 46.0 Å². The molecule has 17 heavy (non-hydrogen) atoms. The van der Waals surface area contributed by atoms with E-state index in [4.69, 9.17) is 0 Å². The molecule has 3 nitrogen and oxygen atoms in total. The quantitative estimate of drug-likeness (QED) is 0.701. The zero-order chi connectivity index (χ0) is 12.3. The van der Waals surface area contributed by atoms with Crippen LogP contribution in [0.5, 0.6) is 0 Å². The second-order valence-corrected chi connectivity index (χ2v) is 5.85. The zero-order valence-corrected chi connectivity index (χ0v) is 11.2. The van der Waals surface area contributed by atoms with E-state index in [2.05, 4.69) is 24.1 Å². The summed E-state index contributed by atoms with van der Waals surface area (Å²) in [7, 11) is 0. The smallest absolute Gasteiger partial charge is 0.224 e. The molecule has 1 unspecified atom stereocenters. The standard InChI is InChI=1S/C14H26N2O/c1-3-15-11(2)8-14(17)16(9-12-4-5-12)10-13-6-7-13/h11-13,15H,3-10H2,1-2H3. The maximum Gasteiger partial charge on any atom is 0.224 e. The largest absolute Gasteiger partial charge is 0.342 e. The summed E-state index contributed by atoms with van der Waals surface area (Å²) in [5.74, 6) is 1.98. The molecule has 0 saturated heterocycles. The van der Waals surface area contributed by atoms with Gasteiger partial charge in [0, 0.05) is 25.6 Å². The maximum absolute atomic E-state index is 12.2. The Morgan fingerprint density at radius 1 is 1.24 bits per heavy atom. The summed E-state index contributed by atoms with van der Waals surface area (Å²) in [6.07, 6.45) is 5.98. The van der Waals surface area contributed by atoms with Gasteiger partial charge in [-0.3, -0.25) is 4.79 Å². The van der Waals surface area contributed by atoms with E-state index < -0.39 is 0 Å². The van der Waals surface area contributed by atoms with Crippen LogP contribution in [0.2, 0.25) is 0 Å². The van der Waals surface area contributed by atoms with Gasteiger partial charge in [-0.15, -0.1) is 0 Å². The molecule has 2 saturated carbocycles. The van der Waals surface area contributed by atoms with Gasteiger partial charge in [-0.25, -0.2) is 0 Å². The number of hydrogen-bond acceptors (Lipinski definition) is 2. The van der Waals surface area contributed by atoms with Crippen molar-refractivity contribution in [3.63, 3.8) is 0 Å². The molecule has 3 heteroatoms. The first-order chi connectivity index (χ1) is 8.19. The Kier molecular flexibility index (Phi) is 4.43. The number of carbonyl (C=O) groups excluding carboxylic acids is 1. The second kappa shape index (κ2) is 5.85. The fraction of sp³-hybridized carbons (Fsp3) is 0.929. The Hall–Kier alpha value is -0.570. The van der Waals surface area contributed by atoms with E-state index in [0.717, 1.165) is 31.5 Å². The van der Waals surface area contributed by atoms with Crippen LogP contribution in [-0.2, 0) is 4.79 Å². The first-order valence-corrected chi connectivity index (χ1v) is 7.20. The van der Waals surface area contributed by atoms with Gasteiger partial charge in [-0.05, 0) is 51.0 Å². The molecule has 0 heterocycles. The molecule has 0 aliphatic heterocycles. The van der Waals surface area contributed by atoms with Gasteiger partial charge in [-0.2, -0.15) is 0 Å². The molecular weight excluding hydrogens is 212 g/mol. The lowest BCUT2D eigenvalue weighted by molar-refractivity contribution is -0.132. The molecule has 2 aliphatic carbocycles. The van der Waals surface area contributed by atoms with Crippen molar-refractivity contribution in [2.24, 2.45) is 11.8 Å². The van der Waals surface area contributed by atoms with E-state index in [9.17, 15) is 4.79 Å². The molecule has 98 valence electrons. The van der Waals surface area contributed by atoms with Crippen LogP contribution in [0.25, 0.3) is 0 Å². The van der Waals surface area contributed by atoms with Gasteiger partial charge in [0.15, 0.2) is 0 Å². The fourth-order valence-corrected chi connectivity index (χ4v) is 2.31. The summed E-state index contributed by atoms with van der Waals surface area (Å²) in [6, 6.07) is 0.313. The third-order valence-electron chi connectivity index (χ3n) is 3.74. The summed E-state index contributed by atoms with van der Waals surface area (Å²) in [4.78, 5) is 14.4. The molecule has 0 aromatic heterocycles. The number of rotatable bonds is 8. The number of hydrogen-bond donors (Lipinski definition) is 1. The number of carbonyl (C=O) groups is 1. The molecule has 0 aromatic carbocycles. The minimum atomic E-state index is 0.313. The van der Waals surface area contributed by atoms with Crippen LogP contribution < -0.4 is 5.32 Å². The van der Waals surface area contributed by atoms with Crippen molar-refractivity contribution in [3.8, 4) is 0 Å². The average molecular weight is 238 g/mol. The van der Waals surface area contributed by atoms with Crippen molar-refractivity contribution in [1.29, 1.82) is 0 Å². The second-order valence-electron chi connectivity index (χ2n) is 5.85. The summed E-state index contributed by atoms with van der Waals surface area (Å²) in [5.41, 5.74) is 0. The molecule has 1 N–H and O–H groups in total. The van der Waals surface area contributed by atoms with Crippen LogP contribution in [0.4, 0.5) is 0 Å². The highest BCUT2D eigenvalue weighted by Gasteiger charge is 2.31. The van der Waals surface area contributed by atoms with E-state index in [1.165, 1.54) is 25.7 Å². The van der Waals surface area contributed by atoms with Crippen LogP contribution in [0.15, 0.2) is 0 Å². The fourth-order valence-electron chi connectivity index (χ4n) is 2.31. The monoisotopic (exact) mass is 238 g/mol. The highest BCUT2D eigenvalue weighted by molar-refractivity contribution is 5.76. The normalized spacial score (nSPS) is 21.3. The van der Waals surface area contributed by atoms with Gasteiger partial charge in [0.1, 0.15) is 0 Å². The van der Waals surface area contributed by atoms with Gasteiger partial charge < -0.3 is 10.2 Å². The van der Waals surface area contributed by atoms with Gasteiger partial charge in [0.05, 0.1) is 0 Å². The van der Waals surface area contributed by atoms with Crippen molar-refractivity contribution < 1.29 is 4.79 Å². The van der Waals surface area contributed by atoms with Crippen molar-refractivity contribution in [2.45, 2.75) is 52.0 Å². The summed E-state index contributed by atoms with van der Waals surface area (Å²) in [5, 5.41) is 3.32. The van der Waals surface area contributed by atoms with Gasteiger partial charge in [-0.1, -0.05) is 6.92 Å². The Morgan fingerprint density at radius 3 is 2.18 bits per heavy atom. The molecule has 1 atom stereocenters. The molecule has 0 spiro atoms. The minimum Gasteiger partial charge on any atom is -0.342 e. The number of nitrogens with one attached hydrogen (secondary N) is 1. The summed E-state index contributed by atoms with van der Waals surface area (Å²) >= 11 is 0. The van der Waals surface area contributed by atoms with Gasteiger partial charge in [0.2, 0.25) is 5.91 Å². The summed E-state index contributed by atoms with van der Waals surface area (Å²) in [6.45, 7) is 7.18. The van der Waals surface area contributed by atoms with Crippen LogP contribution in [0.3, 0.4) is 0 Å². The number of nitrogens with zero attached hydrogens (tertiary/aromatic N) is 1. The van der Waals surface area contributed by atoms with Crippen molar-refractivity contribution >= 4 is 5.91 Å². The van der Waals surface area contributed by atoms with Crippen LogP contribution in [-0.4, -0.2) is 36.5 Å². The minimum absolute atomic E-state index is 0.313. The van der Waals surface area contributed by atoms with Crippen molar-refractivity contribution in [2.75, 3.05) is 19.6 Å². The molecular formula is C14H26N2O. The average Bonchev–Trinajstić information content (AvgIpc) is 3.11. The third kappa shape index (κ3) is 4.66. The molecule has 2 aliphatic rings. The van der Waals surface area contributed by atoms with E-state index in [1.54, 1.807) is 0 Å². The third-order valence-corrected chi connectivity index (χ3v) is 3.74. The first kappa shape index (κ1) is 12.9. The lowest BCUT2D eigenvalue weighted by Crippen LogP contribution is -2.39. The van der Waals surface area contributed by atoms with E-state index >= 15 is 0 Å². The SMILES string of the molecule is CCNC(C)CC(=O)N(CC1CC1)CC1CC1. The first-order valence-electron chi connectivity index (χ1n) is 7.20. The van der Waals surface area contributed by atoms with E-state index in [1.807, 2.05) is 0 Å². The van der Waals surface area contributed by atoms with Gasteiger partial charge in [0.25, 0.3) is 0 Å². The van der Waals surface area contributed by atoms with Crippen LogP contribution in [0, 0.1) is 11.8 Å². The lowest BCUT2D eigenvalue weighted by atomic mass is 10.2. The number of amides is 1. The molecule has 2 rings (SSSR count). The molecule has 0 radical (unpaired) electrons. The van der Waals surface area contributed by atoms with Crippen molar-refractivity contribution in [1.82, 2.24) is 10.2 Å². The predicted octanol–water partition coefficient (Wildman–Crippen LogP) is 2.02. The predicted molar refractivity (Wildman–Crippen MR) is 69.8 cm³/mol. The molecule has 0 aromatic rings. The Morgan fingerprint density at radius 2 is 1.76 bits per heavy atom. The highest BCUT2D eigenvalue weighted by Crippen LogP contribution is 2.33. The van der Waals surface area contributed by atoms with E-state index in [-0.39, 0.29) is 0 Å². The molecule has 0 bridgehead atoms. The zero-order valence-electron chi connectivity index (χ0n) is 11.2. The highest BCUT2D eigenvalue weighted by atomic mass is 16.2. The molecule has 1 amide bonds.